The molecule has 0 unspecified atom stereocenters. The molecule has 5 nitrogen and oxygen atoms in total. The maximum atomic E-state index is 10.9. The Bertz CT molecular complexity index is 330. The molecule has 1 rings (SSSR count). The zero-order valence-corrected chi connectivity index (χ0v) is 11.0. The lowest BCUT2D eigenvalue weighted by molar-refractivity contribution is -0.137. The molecule has 1 N–H and O–H groups in total. The average Bonchev–Trinajstić information content (AvgIpc) is 2.73. The van der Waals surface area contributed by atoms with Crippen LogP contribution in [-0.2, 0) is 15.3 Å². The molecule has 0 spiro atoms. The fourth-order valence-electron chi connectivity index (χ4n) is 0.966. The first-order valence-corrected chi connectivity index (χ1v) is 6.90. The summed E-state index contributed by atoms with van der Waals surface area (Å²) in [4.78, 5) is 10.9. The Morgan fingerprint density at radius 2 is 2.44 bits per heavy atom. The SMILES string of the molecule is CCCNc1snnc1CSCC(=O)OC. The van der Waals surface area contributed by atoms with Gasteiger partial charge in [-0.2, -0.15) is 0 Å². The van der Waals surface area contributed by atoms with Crippen LogP contribution in [0.5, 0.6) is 0 Å². The number of ether oxygens (including phenoxy) is 1. The highest BCUT2D eigenvalue weighted by atomic mass is 32.2. The van der Waals surface area contributed by atoms with Crippen molar-refractivity contribution in [3.63, 3.8) is 0 Å². The Balaban J connectivity index is 2.35. The smallest absolute Gasteiger partial charge is 0.315 e. The van der Waals surface area contributed by atoms with Crippen molar-refractivity contribution in [1.29, 1.82) is 0 Å². The topological polar surface area (TPSA) is 64.1 Å². The number of rotatable bonds is 7. The third-order valence-corrected chi connectivity index (χ3v) is 3.42. The molecule has 0 fully saturated rings. The Labute approximate surface area is 103 Å². The van der Waals surface area contributed by atoms with Crippen molar-refractivity contribution < 1.29 is 9.53 Å². The summed E-state index contributed by atoms with van der Waals surface area (Å²) in [5.74, 6) is 0.815. The second-order valence-electron chi connectivity index (χ2n) is 3.04. The molecule has 0 radical (unpaired) electrons. The van der Waals surface area contributed by atoms with Gasteiger partial charge >= 0.3 is 5.97 Å². The number of hydrogen-bond acceptors (Lipinski definition) is 7. The van der Waals surface area contributed by atoms with E-state index in [-0.39, 0.29) is 5.97 Å². The molecule has 0 amide bonds. The molecule has 1 aromatic rings. The molecular weight excluding hydrogens is 246 g/mol. The molecule has 0 aromatic carbocycles. The van der Waals surface area contributed by atoms with Crippen LogP contribution in [0.4, 0.5) is 5.00 Å². The van der Waals surface area contributed by atoms with E-state index in [0.717, 1.165) is 23.7 Å². The van der Waals surface area contributed by atoms with Crippen LogP contribution in [0.3, 0.4) is 0 Å². The van der Waals surface area contributed by atoms with Crippen molar-refractivity contribution in [3.8, 4) is 0 Å². The number of carbonyl (C=O) groups is 1. The molecule has 0 atom stereocenters. The van der Waals surface area contributed by atoms with Crippen LogP contribution >= 0.6 is 23.3 Å². The first-order chi connectivity index (χ1) is 7.77. The highest BCUT2D eigenvalue weighted by Gasteiger charge is 2.08. The third kappa shape index (κ3) is 4.36. The van der Waals surface area contributed by atoms with Crippen molar-refractivity contribution in [2.24, 2.45) is 0 Å². The van der Waals surface area contributed by atoms with Gasteiger partial charge < -0.3 is 10.1 Å². The number of carbonyl (C=O) groups excluding carboxylic acids is 1. The van der Waals surface area contributed by atoms with Gasteiger partial charge in [-0.25, -0.2) is 0 Å². The monoisotopic (exact) mass is 261 g/mol. The molecule has 0 aliphatic carbocycles. The van der Waals surface area contributed by atoms with Gasteiger partial charge in [-0.1, -0.05) is 11.4 Å². The number of thioether (sulfide) groups is 1. The van der Waals surface area contributed by atoms with E-state index in [1.807, 2.05) is 0 Å². The number of nitrogens with zero attached hydrogens (tertiary/aromatic N) is 2. The fraction of sp³-hybridized carbons (Fsp3) is 0.667. The lowest BCUT2D eigenvalue weighted by Crippen LogP contribution is -2.04. The quantitative estimate of drug-likeness (QED) is 0.755. The van der Waals surface area contributed by atoms with Gasteiger partial charge in [0, 0.05) is 23.8 Å². The van der Waals surface area contributed by atoms with E-state index in [9.17, 15) is 4.79 Å². The van der Waals surface area contributed by atoms with Crippen molar-refractivity contribution >= 4 is 34.3 Å². The Kier molecular flexibility index (Phi) is 6.17. The van der Waals surface area contributed by atoms with Gasteiger partial charge in [0.2, 0.25) is 0 Å². The van der Waals surface area contributed by atoms with Gasteiger partial charge in [0.1, 0.15) is 10.7 Å². The van der Waals surface area contributed by atoms with Gasteiger partial charge in [0.15, 0.2) is 0 Å². The van der Waals surface area contributed by atoms with Crippen LogP contribution in [0.2, 0.25) is 0 Å². The highest BCUT2D eigenvalue weighted by molar-refractivity contribution is 7.99. The minimum Gasteiger partial charge on any atom is -0.468 e. The molecule has 1 heterocycles. The Morgan fingerprint density at radius 1 is 1.62 bits per heavy atom. The Morgan fingerprint density at radius 3 is 3.12 bits per heavy atom. The highest BCUT2D eigenvalue weighted by Crippen LogP contribution is 2.22. The van der Waals surface area contributed by atoms with Gasteiger partial charge in [-0.05, 0) is 6.42 Å². The van der Waals surface area contributed by atoms with Crippen LogP contribution in [0, 0.1) is 0 Å². The predicted molar refractivity (Wildman–Crippen MR) is 66.9 cm³/mol. The second-order valence-corrected chi connectivity index (χ2v) is 4.78. The summed E-state index contributed by atoms with van der Waals surface area (Å²) in [6.45, 7) is 3.02. The lowest BCUT2D eigenvalue weighted by atomic mass is 10.4. The van der Waals surface area contributed by atoms with Crippen LogP contribution in [0.25, 0.3) is 0 Å². The molecule has 90 valence electrons. The standard InChI is InChI=1S/C9H15N3O2S2/c1-3-4-10-9-7(11-12-16-9)5-15-6-8(13)14-2/h10H,3-6H2,1-2H3. The van der Waals surface area contributed by atoms with Crippen molar-refractivity contribution in [3.05, 3.63) is 5.69 Å². The molecule has 0 saturated carbocycles. The zero-order chi connectivity index (χ0) is 11.8. The summed E-state index contributed by atoms with van der Waals surface area (Å²) in [6.07, 6.45) is 1.06. The number of anilines is 1. The number of nitrogens with one attached hydrogen (secondary N) is 1. The molecule has 0 bridgehead atoms. The molecular formula is C9H15N3O2S2. The maximum absolute atomic E-state index is 10.9. The largest absolute Gasteiger partial charge is 0.468 e. The van der Waals surface area contributed by atoms with E-state index in [2.05, 4.69) is 26.6 Å². The molecule has 16 heavy (non-hydrogen) atoms. The van der Waals surface area contributed by atoms with Crippen LogP contribution < -0.4 is 5.32 Å². The average molecular weight is 261 g/mol. The van der Waals surface area contributed by atoms with E-state index in [1.54, 1.807) is 0 Å². The van der Waals surface area contributed by atoms with Crippen molar-refractivity contribution in [2.75, 3.05) is 24.7 Å². The van der Waals surface area contributed by atoms with Gasteiger partial charge in [0.05, 0.1) is 12.9 Å². The number of esters is 1. The number of methoxy groups -OCH3 is 1. The first-order valence-electron chi connectivity index (χ1n) is 4.97. The van der Waals surface area contributed by atoms with Crippen molar-refractivity contribution in [1.82, 2.24) is 9.59 Å². The van der Waals surface area contributed by atoms with E-state index in [4.69, 9.17) is 0 Å². The Hall–Kier alpha value is -0.820. The van der Waals surface area contributed by atoms with Gasteiger partial charge in [0.25, 0.3) is 0 Å². The van der Waals surface area contributed by atoms with Gasteiger partial charge in [-0.3, -0.25) is 4.79 Å². The predicted octanol–water partition coefficient (Wildman–Crippen LogP) is 1.77. The maximum Gasteiger partial charge on any atom is 0.315 e. The minimum atomic E-state index is -0.212. The fourth-order valence-corrected chi connectivity index (χ4v) is 2.45. The number of hydrogen-bond donors (Lipinski definition) is 1. The van der Waals surface area contributed by atoms with E-state index < -0.39 is 0 Å². The molecule has 1 aromatic heterocycles. The lowest BCUT2D eigenvalue weighted by Gasteiger charge is -2.02. The van der Waals surface area contributed by atoms with Crippen molar-refractivity contribution in [2.45, 2.75) is 19.1 Å². The van der Waals surface area contributed by atoms with E-state index in [0.29, 0.717) is 11.5 Å². The summed E-state index contributed by atoms with van der Waals surface area (Å²) < 4.78 is 8.45. The summed E-state index contributed by atoms with van der Waals surface area (Å²) in [7, 11) is 1.39. The van der Waals surface area contributed by atoms with Crippen LogP contribution in [-0.4, -0.2) is 35.0 Å². The molecule has 7 heteroatoms. The van der Waals surface area contributed by atoms with E-state index >= 15 is 0 Å². The third-order valence-electron chi connectivity index (χ3n) is 1.78. The number of aromatic nitrogens is 2. The summed E-state index contributed by atoms with van der Waals surface area (Å²) in [5, 5.41) is 8.28. The molecule has 0 aliphatic heterocycles. The molecule has 0 saturated heterocycles. The zero-order valence-electron chi connectivity index (χ0n) is 9.36. The normalized spacial score (nSPS) is 10.1. The summed E-state index contributed by atoms with van der Waals surface area (Å²) >= 11 is 2.83. The first kappa shape index (κ1) is 13.2. The summed E-state index contributed by atoms with van der Waals surface area (Å²) in [6, 6.07) is 0. The van der Waals surface area contributed by atoms with Crippen LogP contribution in [0.1, 0.15) is 19.0 Å². The minimum absolute atomic E-state index is 0.212. The molecule has 0 aliphatic rings. The van der Waals surface area contributed by atoms with E-state index in [1.165, 1.54) is 30.4 Å². The second kappa shape index (κ2) is 7.45. The van der Waals surface area contributed by atoms with Gasteiger partial charge in [-0.15, -0.1) is 16.9 Å². The van der Waals surface area contributed by atoms with Crippen LogP contribution in [0.15, 0.2) is 0 Å². The summed E-state index contributed by atoms with van der Waals surface area (Å²) in [5.41, 5.74) is 0.910.